The summed E-state index contributed by atoms with van der Waals surface area (Å²) in [6, 6.07) is 18.1. The Morgan fingerprint density at radius 3 is 2.50 bits per heavy atom. The Balaban J connectivity index is 1.88. The van der Waals surface area contributed by atoms with Crippen LogP contribution in [0.25, 0.3) is 0 Å². The summed E-state index contributed by atoms with van der Waals surface area (Å²) in [5.41, 5.74) is 1.11. The number of nitrogens with zero attached hydrogens (tertiary/aromatic N) is 1. The average Bonchev–Trinajstić information content (AvgIpc) is 2.62. The van der Waals surface area contributed by atoms with Crippen molar-refractivity contribution < 1.29 is 14.2 Å². The number of ether oxygens (including phenoxy) is 3. The fourth-order valence-corrected chi connectivity index (χ4v) is 2.95. The minimum Gasteiger partial charge on any atom is -0.490 e. The minimum atomic E-state index is -0.171. The van der Waals surface area contributed by atoms with Gasteiger partial charge < -0.3 is 19.1 Å². The van der Waals surface area contributed by atoms with Gasteiger partial charge >= 0.3 is 0 Å². The van der Waals surface area contributed by atoms with Crippen LogP contribution in [0.5, 0.6) is 11.5 Å². The number of likely N-dealkylation sites (N-methyl/N-ethyl adjacent to an activating group) is 1. The maximum atomic E-state index is 6.40. The molecule has 3 rings (SSSR count). The zero-order chi connectivity index (χ0) is 16.8. The van der Waals surface area contributed by atoms with E-state index in [-0.39, 0.29) is 12.2 Å². The van der Waals surface area contributed by atoms with E-state index in [2.05, 4.69) is 24.1 Å². The number of rotatable bonds is 6. The lowest BCUT2D eigenvalue weighted by Gasteiger charge is -2.35. The Labute approximate surface area is 144 Å². The number of morpholine rings is 1. The number of hydrogen-bond acceptors (Lipinski definition) is 4. The van der Waals surface area contributed by atoms with Gasteiger partial charge in [-0.15, -0.1) is 0 Å². The Morgan fingerprint density at radius 1 is 1.08 bits per heavy atom. The van der Waals surface area contributed by atoms with Crippen molar-refractivity contribution in [1.82, 2.24) is 4.90 Å². The van der Waals surface area contributed by atoms with Crippen molar-refractivity contribution in [2.75, 3.05) is 33.4 Å². The first-order chi connectivity index (χ1) is 11.8. The van der Waals surface area contributed by atoms with Crippen molar-refractivity contribution >= 4 is 0 Å². The molecule has 0 unspecified atom stereocenters. The number of hydrogen-bond donors (Lipinski definition) is 0. The van der Waals surface area contributed by atoms with E-state index >= 15 is 0 Å². The second-order valence-electron chi connectivity index (χ2n) is 6.00. The van der Waals surface area contributed by atoms with Crippen molar-refractivity contribution in [3.63, 3.8) is 0 Å². The zero-order valence-electron chi connectivity index (χ0n) is 14.4. The molecular weight excluding hydrogens is 302 g/mol. The van der Waals surface area contributed by atoms with Crippen molar-refractivity contribution in [1.29, 1.82) is 0 Å². The van der Waals surface area contributed by atoms with Crippen LogP contribution in [0.1, 0.15) is 18.6 Å². The lowest BCUT2D eigenvalue weighted by Crippen LogP contribution is -2.44. The third-order valence-corrected chi connectivity index (χ3v) is 4.17. The highest BCUT2D eigenvalue weighted by Crippen LogP contribution is 2.34. The Bertz CT molecular complexity index is 632. The van der Waals surface area contributed by atoms with E-state index in [9.17, 15) is 0 Å². The van der Waals surface area contributed by atoms with Gasteiger partial charge in [0.05, 0.1) is 13.2 Å². The smallest absolute Gasteiger partial charge is 0.162 e. The van der Waals surface area contributed by atoms with Gasteiger partial charge in [-0.25, -0.2) is 0 Å². The van der Waals surface area contributed by atoms with E-state index in [1.54, 1.807) is 0 Å². The Hall–Kier alpha value is -2.04. The van der Waals surface area contributed by atoms with Gasteiger partial charge in [0.25, 0.3) is 0 Å². The van der Waals surface area contributed by atoms with Crippen LogP contribution in [-0.2, 0) is 4.74 Å². The van der Waals surface area contributed by atoms with E-state index in [4.69, 9.17) is 14.2 Å². The van der Waals surface area contributed by atoms with Crippen LogP contribution < -0.4 is 9.47 Å². The molecule has 0 N–H and O–H groups in total. The topological polar surface area (TPSA) is 30.9 Å². The van der Waals surface area contributed by atoms with Crippen LogP contribution >= 0.6 is 0 Å². The second kappa shape index (κ2) is 8.18. The van der Waals surface area contributed by atoms with Gasteiger partial charge in [0.2, 0.25) is 0 Å². The lowest BCUT2D eigenvalue weighted by molar-refractivity contribution is -0.0764. The van der Waals surface area contributed by atoms with Crippen molar-refractivity contribution in [2.24, 2.45) is 0 Å². The molecule has 2 aromatic rings. The lowest BCUT2D eigenvalue weighted by atomic mass is 10.0. The normalized spacial score (nSPS) is 19.7. The van der Waals surface area contributed by atoms with Gasteiger partial charge in [0.15, 0.2) is 17.6 Å². The van der Waals surface area contributed by atoms with Crippen LogP contribution in [0, 0.1) is 0 Å². The monoisotopic (exact) mass is 327 g/mol. The molecule has 1 aliphatic heterocycles. The maximum Gasteiger partial charge on any atom is 0.162 e. The Morgan fingerprint density at radius 2 is 1.79 bits per heavy atom. The summed E-state index contributed by atoms with van der Waals surface area (Å²) < 4.78 is 18.1. The second-order valence-corrected chi connectivity index (χ2v) is 6.00. The molecule has 1 heterocycles. The van der Waals surface area contributed by atoms with Gasteiger partial charge in [-0.2, -0.15) is 0 Å². The molecule has 1 aliphatic rings. The molecule has 0 bridgehead atoms. The molecule has 0 saturated carbocycles. The first-order valence-electron chi connectivity index (χ1n) is 8.51. The van der Waals surface area contributed by atoms with Gasteiger partial charge in [-0.3, -0.25) is 0 Å². The molecule has 0 amide bonds. The highest BCUT2D eigenvalue weighted by molar-refractivity contribution is 5.40. The molecule has 0 spiro atoms. The molecule has 1 saturated heterocycles. The fourth-order valence-electron chi connectivity index (χ4n) is 2.95. The molecule has 0 radical (unpaired) electrons. The summed E-state index contributed by atoms with van der Waals surface area (Å²) in [6.07, 6.45) is -0.184. The highest BCUT2D eigenvalue weighted by Gasteiger charge is 2.30. The molecule has 24 heavy (non-hydrogen) atoms. The van der Waals surface area contributed by atoms with E-state index in [0.29, 0.717) is 6.61 Å². The third kappa shape index (κ3) is 4.08. The molecule has 1 fully saturated rings. The molecular formula is C20H25NO3. The number of benzene rings is 2. The Kier molecular flexibility index (Phi) is 5.72. The third-order valence-electron chi connectivity index (χ3n) is 4.17. The van der Waals surface area contributed by atoms with Crippen LogP contribution in [0.2, 0.25) is 0 Å². The minimum absolute atomic E-state index is 0.0131. The predicted octanol–water partition coefficient (Wildman–Crippen LogP) is 3.54. The van der Waals surface area contributed by atoms with Crippen molar-refractivity contribution in [3.05, 3.63) is 60.2 Å². The summed E-state index contributed by atoms with van der Waals surface area (Å²) in [5.74, 6) is 1.52. The summed E-state index contributed by atoms with van der Waals surface area (Å²) in [7, 11) is 2.12. The van der Waals surface area contributed by atoms with Crippen LogP contribution in [0.15, 0.2) is 54.6 Å². The molecule has 2 aromatic carbocycles. The van der Waals surface area contributed by atoms with Gasteiger partial charge in [-0.05, 0) is 31.7 Å². The van der Waals surface area contributed by atoms with E-state index in [0.717, 1.165) is 36.8 Å². The first-order valence-corrected chi connectivity index (χ1v) is 8.51. The van der Waals surface area contributed by atoms with Crippen molar-refractivity contribution in [2.45, 2.75) is 19.1 Å². The van der Waals surface area contributed by atoms with Gasteiger partial charge in [-0.1, -0.05) is 42.5 Å². The molecule has 0 aliphatic carbocycles. The SMILES string of the molecule is CCOc1ccccc1O[C@@H](c1ccccc1)[C@@H]1CN(C)CCO1. The number of para-hydroxylation sites is 2. The summed E-state index contributed by atoms with van der Waals surface area (Å²) >= 11 is 0. The molecule has 128 valence electrons. The highest BCUT2D eigenvalue weighted by atomic mass is 16.6. The van der Waals surface area contributed by atoms with Crippen LogP contribution in [0.3, 0.4) is 0 Å². The summed E-state index contributed by atoms with van der Waals surface area (Å²) in [6.45, 7) is 5.11. The predicted molar refractivity (Wildman–Crippen MR) is 94.7 cm³/mol. The van der Waals surface area contributed by atoms with E-state index in [1.165, 1.54) is 0 Å². The largest absolute Gasteiger partial charge is 0.490 e. The van der Waals surface area contributed by atoms with Crippen molar-refractivity contribution in [3.8, 4) is 11.5 Å². The van der Waals surface area contributed by atoms with Crippen LogP contribution in [-0.4, -0.2) is 44.4 Å². The van der Waals surface area contributed by atoms with Gasteiger partial charge in [0, 0.05) is 13.1 Å². The van der Waals surface area contributed by atoms with E-state index in [1.807, 2.05) is 49.4 Å². The zero-order valence-corrected chi connectivity index (χ0v) is 14.4. The molecule has 4 nitrogen and oxygen atoms in total. The standard InChI is InChI=1S/C20H25NO3/c1-3-22-17-11-7-8-12-18(17)24-20(16-9-5-4-6-10-16)19-15-21(2)13-14-23-19/h4-12,19-20H,3,13-15H2,1-2H3/t19-,20-/m0/s1. The van der Waals surface area contributed by atoms with Gasteiger partial charge in [0.1, 0.15) is 6.10 Å². The van der Waals surface area contributed by atoms with Crippen LogP contribution in [0.4, 0.5) is 0 Å². The summed E-state index contributed by atoms with van der Waals surface area (Å²) in [4.78, 5) is 2.28. The maximum absolute atomic E-state index is 6.40. The fraction of sp³-hybridized carbons (Fsp3) is 0.400. The summed E-state index contributed by atoms with van der Waals surface area (Å²) in [5, 5.41) is 0. The average molecular weight is 327 g/mol. The first kappa shape index (κ1) is 16.8. The molecule has 0 aromatic heterocycles. The van der Waals surface area contributed by atoms with E-state index < -0.39 is 0 Å². The molecule has 4 heteroatoms. The quantitative estimate of drug-likeness (QED) is 0.812. The molecule has 2 atom stereocenters.